The van der Waals surface area contributed by atoms with Crippen molar-refractivity contribution in [1.82, 2.24) is 14.5 Å². The molecule has 2 aromatic heterocycles. The molecule has 0 saturated carbocycles. The van der Waals surface area contributed by atoms with Gasteiger partial charge in [0.25, 0.3) is 5.56 Å². The molecule has 0 spiro atoms. The average molecular weight is 386 g/mol. The summed E-state index contributed by atoms with van der Waals surface area (Å²) in [5, 5.41) is 0.418. The van der Waals surface area contributed by atoms with Crippen molar-refractivity contribution in [2.24, 2.45) is 0 Å². The van der Waals surface area contributed by atoms with Gasteiger partial charge in [-0.3, -0.25) is 14.3 Å². The highest BCUT2D eigenvalue weighted by molar-refractivity contribution is 6.31. The van der Waals surface area contributed by atoms with Gasteiger partial charge in [0.1, 0.15) is 10.8 Å². The van der Waals surface area contributed by atoms with E-state index in [2.05, 4.69) is 9.97 Å². The van der Waals surface area contributed by atoms with Gasteiger partial charge in [-0.05, 0) is 56.2 Å². The molecule has 0 atom stereocenters. The van der Waals surface area contributed by atoms with E-state index in [0.717, 1.165) is 11.1 Å². The van der Waals surface area contributed by atoms with Crippen molar-refractivity contribution in [3.63, 3.8) is 0 Å². The summed E-state index contributed by atoms with van der Waals surface area (Å²) >= 11 is 6.09. The van der Waals surface area contributed by atoms with Gasteiger partial charge in [0.2, 0.25) is 5.88 Å². The van der Waals surface area contributed by atoms with Crippen LogP contribution in [0.3, 0.4) is 0 Å². The minimum Gasteiger partial charge on any atom is -0.438 e. The maximum atomic E-state index is 12.3. The smallest absolute Gasteiger partial charge is 0.328 e. The number of halogens is 1. The van der Waals surface area contributed by atoms with E-state index in [1.165, 1.54) is 0 Å². The number of aromatic amines is 1. The number of H-pyrrole nitrogens is 1. The lowest BCUT2D eigenvalue weighted by atomic mass is 10.00. The fourth-order valence-corrected chi connectivity index (χ4v) is 3.23. The number of aromatic nitrogens is 3. The van der Waals surface area contributed by atoms with Crippen molar-refractivity contribution in [3.8, 4) is 22.9 Å². The molecular weight excluding hydrogens is 366 g/mol. The summed E-state index contributed by atoms with van der Waals surface area (Å²) in [5.41, 5.74) is 2.17. The maximum Gasteiger partial charge on any atom is 0.328 e. The Morgan fingerprint density at radius 1 is 1.22 bits per heavy atom. The van der Waals surface area contributed by atoms with Crippen LogP contribution in [-0.2, 0) is 13.0 Å². The zero-order chi connectivity index (χ0) is 19.6. The number of aryl methyl sites for hydroxylation is 1. The molecule has 0 unspecified atom stereocenters. The van der Waals surface area contributed by atoms with Crippen LogP contribution in [0, 0.1) is 6.92 Å². The Hall–Kier alpha value is -2.86. The van der Waals surface area contributed by atoms with E-state index in [1.807, 2.05) is 32.9 Å². The summed E-state index contributed by atoms with van der Waals surface area (Å²) < 4.78 is 7.34. The van der Waals surface area contributed by atoms with Crippen LogP contribution in [-0.4, -0.2) is 14.5 Å². The van der Waals surface area contributed by atoms with Crippen LogP contribution < -0.4 is 16.0 Å². The van der Waals surface area contributed by atoms with Crippen molar-refractivity contribution in [2.45, 2.75) is 33.7 Å². The van der Waals surface area contributed by atoms with Gasteiger partial charge in [0, 0.05) is 23.9 Å². The van der Waals surface area contributed by atoms with Crippen LogP contribution >= 0.6 is 11.6 Å². The van der Waals surface area contributed by atoms with Crippen LogP contribution in [0.4, 0.5) is 0 Å². The summed E-state index contributed by atoms with van der Waals surface area (Å²) in [6, 6.07) is 8.90. The fraction of sp³-hybridized carbons (Fsp3) is 0.250. The van der Waals surface area contributed by atoms with Gasteiger partial charge in [0.15, 0.2) is 0 Å². The Morgan fingerprint density at radius 2 is 2.00 bits per heavy atom. The fourth-order valence-electron chi connectivity index (χ4n) is 3.07. The quantitative estimate of drug-likeness (QED) is 0.721. The maximum absolute atomic E-state index is 12.3. The second kappa shape index (κ2) is 7.80. The first-order valence-corrected chi connectivity index (χ1v) is 9.09. The molecule has 3 rings (SSSR count). The summed E-state index contributed by atoms with van der Waals surface area (Å²) in [6.07, 6.45) is 2.12. The largest absolute Gasteiger partial charge is 0.438 e. The molecule has 0 aliphatic rings. The highest BCUT2D eigenvalue weighted by atomic mass is 35.5. The van der Waals surface area contributed by atoms with Crippen molar-refractivity contribution < 1.29 is 4.74 Å². The van der Waals surface area contributed by atoms with Gasteiger partial charge >= 0.3 is 5.69 Å². The molecule has 0 bridgehead atoms. The zero-order valence-electron chi connectivity index (χ0n) is 15.4. The molecule has 3 aromatic rings. The zero-order valence-corrected chi connectivity index (χ0v) is 16.1. The van der Waals surface area contributed by atoms with Crippen LogP contribution in [0.25, 0.3) is 11.3 Å². The molecule has 2 heterocycles. The highest BCUT2D eigenvalue weighted by Gasteiger charge is 2.17. The highest BCUT2D eigenvalue weighted by Crippen LogP contribution is 2.31. The predicted molar refractivity (Wildman–Crippen MR) is 106 cm³/mol. The molecule has 0 aliphatic carbocycles. The number of nitrogens with one attached hydrogen (secondary N) is 1. The van der Waals surface area contributed by atoms with Gasteiger partial charge in [-0.15, -0.1) is 0 Å². The van der Waals surface area contributed by atoms with E-state index in [1.54, 1.807) is 29.0 Å². The summed E-state index contributed by atoms with van der Waals surface area (Å²) in [7, 11) is 0. The summed E-state index contributed by atoms with van der Waals surface area (Å²) in [5.74, 6) is 0.896. The lowest BCUT2D eigenvalue weighted by molar-refractivity contribution is 0.463. The molecule has 0 saturated heterocycles. The van der Waals surface area contributed by atoms with Crippen molar-refractivity contribution in [2.75, 3.05) is 0 Å². The number of ether oxygens (including phenoxy) is 1. The Kier molecular flexibility index (Phi) is 5.46. The molecule has 0 fully saturated rings. The molecule has 0 radical (unpaired) electrons. The van der Waals surface area contributed by atoms with Gasteiger partial charge in [-0.2, -0.15) is 0 Å². The van der Waals surface area contributed by atoms with Crippen LogP contribution in [0.2, 0.25) is 5.02 Å². The Balaban J connectivity index is 2.11. The van der Waals surface area contributed by atoms with Crippen molar-refractivity contribution in [1.29, 1.82) is 0 Å². The van der Waals surface area contributed by atoms with Crippen LogP contribution in [0.5, 0.6) is 11.6 Å². The monoisotopic (exact) mass is 385 g/mol. The van der Waals surface area contributed by atoms with E-state index >= 15 is 0 Å². The van der Waals surface area contributed by atoms with Crippen LogP contribution in [0.1, 0.15) is 25.0 Å². The van der Waals surface area contributed by atoms with E-state index < -0.39 is 5.69 Å². The van der Waals surface area contributed by atoms with Gasteiger partial charge in [0.05, 0.1) is 5.69 Å². The minimum atomic E-state index is -0.408. The molecule has 0 amide bonds. The minimum absolute atomic E-state index is 0.321. The van der Waals surface area contributed by atoms with E-state index in [9.17, 15) is 9.59 Å². The number of hydrogen-bond acceptors (Lipinski definition) is 4. The van der Waals surface area contributed by atoms with Crippen LogP contribution in [0.15, 0.2) is 46.1 Å². The molecule has 1 aromatic carbocycles. The SMILES string of the molecule is CCc1c(-c2ccc(Oc3ncccc3Cl)cc2C)n(CC)c(=O)[nH]c1=O. The second-order valence-corrected chi connectivity index (χ2v) is 6.46. The van der Waals surface area contributed by atoms with E-state index in [4.69, 9.17) is 16.3 Å². The topological polar surface area (TPSA) is 77.0 Å². The third-order valence-electron chi connectivity index (χ3n) is 4.36. The number of benzene rings is 1. The van der Waals surface area contributed by atoms with Gasteiger partial charge in [-0.25, -0.2) is 9.78 Å². The van der Waals surface area contributed by atoms with Gasteiger partial charge < -0.3 is 4.74 Å². The number of hydrogen-bond donors (Lipinski definition) is 1. The normalized spacial score (nSPS) is 10.8. The third-order valence-corrected chi connectivity index (χ3v) is 4.65. The first kappa shape index (κ1) is 18.9. The third kappa shape index (κ3) is 3.66. The molecule has 6 nitrogen and oxygen atoms in total. The average Bonchev–Trinajstić information content (AvgIpc) is 2.63. The first-order chi connectivity index (χ1) is 13.0. The van der Waals surface area contributed by atoms with E-state index in [0.29, 0.717) is 40.9 Å². The number of rotatable bonds is 5. The standard InChI is InChI=1S/C20H20ClN3O3/c1-4-14-17(24(5-2)20(26)23-18(14)25)15-9-8-13(11-12(15)3)27-19-16(21)7-6-10-22-19/h6-11H,4-5H2,1-3H3,(H,23,25,26). The van der Waals surface area contributed by atoms with E-state index in [-0.39, 0.29) is 5.56 Å². The Morgan fingerprint density at radius 3 is 2.63 bits per heavy atom. The Bertz CT molecular complexity index is 1070. The van der Waals surface area contributed by atoms with Gasteiger partial charge in [-0.1, -0.05) is 18.5 Å². The Labute approximate surface area is 161 Å². The molecule has 1 N–H and O–H groups in total. The number of nitrogens with zero attached hydrogens (tertiary/aromatic N) is 2. The molecular formula is C20H20ClN3O3. The molecule has 140 valence electrons. The predicted octanol–water partition coefficient (Wildman–Crippen LogP) is 3.94. The lowest BCUT2D eigenvalue weighted by Crippen LogP contribution is -2.33. The van der Waals surface area contributed by atoms with Crippen molar-refractivity contribution >= 4 is 11.6 Å². The summed E-state index contributed by atoms with van der Waals surface area (Å²) in [6.45, 7) is 6.14. The molecule has 7 heteroatoms. The molecule has 0 aliphatic heterocycles. The summed E-state index contributed by atoms with van der Waals surface area (Å²) in [4.78, 5) is 31.0. The van der Waals surface area contributed by atoms with Crippen molar-refractivity contribution in [3.05, 3.63) is 73.5 Å². The lowest BCUT2D eigenvalue weighted by Gasteiger charge is -2.17. The number of pyridine rings is 1. The first-order valence-electron chi connectivity index (χ1n) is 8.71. The molecule has 27 heavy (non-hydrogen) atoms. The second-order valence-electron chi connectivity index (χ2n) is 6.05.